The quantitative estimate of drug-likeness (QED) is 0.637. The van der Waals surface area contributed by atoms with Gasteiger partial charge in [-0.3, -0.25) is 4.98 Å². The summed E-state index contributed by atoms with van der Waals surface area (Å²) < 4.78 is 40.4. The van der Waals surface area contributed by atoms with Gasteiger partial charge in [0.15, 0.2) is 5.65 Å². The van der Waals surface area contributed by atoms with Crippen LogP contribution in [0.4, 0.5) is 13.2 Å². The summed E-state index contributed by atoms with van der Waals surface area (Å²) in [4.78, 5) is 13.6. The first-order valence-electron chi connectivity index (χ1n) is 7.90. The van der Waals surface area contributed by atoms with Gasteiger partial charge in [0.1, 0.15) is 11.3 Å². The van der Waals surface area contributed by atoms with Crippen LogP contribution in [0.1, 0.15) is 18.4 Å². The van der Waals surface area contributed by atoms with Crippen LogP contribution in [0, 0.1) is 5.92 Å². The lowest BCUT2D eigenvalue weighted by Gasteiger charge is -2.08. The molecule has 0 aromatic carbocycles. The van der Waals surface area contributed by atoms with Crippen LogP contribution in [0.25, 0.3) is 22.6 Å². The standard InChI is InChI=1S/C17H15F3N4S/c1-24-15(12-4-5-21-8-14(12)25-9-10-2-3-10)23-13-6-11(17(18,19)20)7-22-16(13)24/h4-8,10H,2-3,9H2,1H3. The van der Waals surface area contributed by atoms with Crippen LogP contribution in [-0.2, 0) is 13.2 Å². The number of hydrogen-bond donors (Lipinski definition) is 0. The van der Waals surface area contributed by atoms with Gasteiger partial charge < -0.3 is 4.57 Å². The summed E-state index contributed by atoms with van der Waals surface area (Å²) in [5.74, 6) is 2.39. The molecule has 0 bridgehead atoms. The Morgan fingerprint density at radius 3 is 2.80 bits per heavy atom. The molecule has 0 saturated heterocycles. The Labute approximate surface area is 146 Å². The van der Waals surface area contributed by atoms with Crippen molar-refractivity contribution in [1.82, 2.24) is 19.5 Å². The number of aromatic nitrogens is 4. The predicted octanol–water partition coefficient (Wildman–Crippen LogP) is 4.55. The lowest BCUT2D eigenvalue weighted by molar-refractivity contribution is -0.137. The fourth-order valence-electron chi connectivity index (χ4n) is 2.64. The number of fused-ring (bicyclic) bond motifs is 1. The average molecular weight is 364 g/mol. The molecule has 0 spiro atoms. The summed E-state index contributed by atoms with van der Waals surface area (Å²) in [6.45, 7) is 0. The van der Waals surface area contributed by atoms with Gasteiger partial charge in [0, 0.05) is 41.8 Å². The fraction of sp³-hybridized carbons (Fsp3) is 0.353. The summed E-state index contributed by atoms with van der Waals surface area (Å²) >= 11 is 1.72. The van der Waals surface area contributed by atoms with E-state index >= 15 is 0 Å². The highest BCUT2D eigenvalue weighted by molar-refractivity contribution is 7.99. The zero-order chi connectivity index (χ0) is 17.6. The summed E-state index contributed by atoms with van der Waals surface area (Å²) in [6.07, 6.45) is 2.41. The van der Waals surface area contributed by atoms with Crippen molar-refractivity contribution in [3.8, 4) is 11.4 Å². The number of imidazole rings is 1. The van der Waals surface area contributed by atoms with E-state index in [4.69, 9.17) is 0 Å². The van der Waals surface area contributed by atoms with Crippen molar-refractivity contribution in [3.05, 3.63) is 36.3 Å². The maximum absolute atomic E-state index is 12.9. The number of nitrogens with zero attached hydrogens (tertiary/aromatic N) is 4. The summed E-state index contributed by atoms with van der Waals surface area (Å²) in [5, 5.41) is 0. The molecule has 0 atom stereocenters. The molecule has 0 unspecified atom stereocenters. The number of rotatable bonds is 4. The molecule has 8 heteroatoms. The van der Waals surface area contributed by atoms with E-state index in [9.17, 15) is 13.2 Å². The fourth-order valence-corrected chi connectivity index (χ4v) is 3.84. The molecule has 0 amide bonds. The molecule has 1 aliphatic rings. The van der Waals surface area contributed by atoms with Crippen LogP contribution in [0.5, 0.6) is 0 Å². The normalized spacial score (nSPS) is 15.0. The first kappa shape index (κ1) is 16.4. The molecule has 1 saturated carbocycles. The summed E-state index contributed by atoms with van der Waals surface area (Å²) in [7, 11) is 1.76. The molecule has 0 radical (unpaired) electrons. The van der Waals surface area contributed by atoms with Gasteiger partial charge in [0.05, 0.1) is 5.56 Å². The Bertz CT molecular complexity index is 931. The predicted molar refractivity (Wildman–Crippen MR) is 90.2 cm³/mol. The van der Waals surface area contributed by atoms with Crippen molar-refractivity contribution in [2.75, 3.05) is 5.75 Å². The topological polar surface area (TPSA) is 43.6 Å². The van der Waals surface area contributed by atoms with E-state index in [-0.39, 0.29) is 5.52 Å². The minimum atomic E-state index is -4.43. The number of thioether (sulfide) groups is 1. The van der Waals surface area contributed by atoms with Crippen molar-refractivity contribution in [3.63, 3.8) is 0 Å². The lowest BCUT2D eigenvalue weighted by atomic mass is 10.2. The first-order valence-corrected chi connectivity index (χ1v) is 8.89. The molecule has 4 nitrogen and oxygen atoms in total. The molecule has 0 aliphatic heterocycles. The van der Waals surface area contributed by atoms with Crippen molar-refractivity contribution < 1.29 is 13.2 Å². The molecular weight excluding hydrogens is 349 g/mol. The van der Waals surface area contributed by atoms with Gasteiger partial charge in [0.25, 0.3) is 0 Å². The molecular formula is C17H15F3N4S. The highest BCUT2D eigenvalue weighted by Crippen LogP contribution is 2.38. The Kier molecular flexibility index (Phi) is 3.94. The van der Waals surface area contributed by atoms with Crippen LogP contribution < -0.4 is 0 Å². The van der Waals surface area contributed by atoms with E-state index < -0.39 is 11.7 Å². The molecule has 4 rings (SSSR count). The number of hydrogen-bond acceptors (Lipinski definition) is 4. The van der Waals surface area contributed by atoms with Gasteiger partial charge in [-0.2, -0.15) is 13.2 Å². The molecule has 25 heavy (non-hydrogen) atoms. The minimum absolute atomic E-state index is 0.238. The van der Waals surface area contributed by atoms with Crippen molar-refractivity contribution in [1.29, 1.82) is 0 Å². The number of alkyl halides is 3. The van der Waals surface area contributed by atoms with Gasteiger partial charge in [-0.1, -0.05) is 0 Å². The van der Waals surface area contributed by atoms with Crippen LogP contribution in [-0.4, -0.2) is 25.3 Å². The van der Waals surface area contributed by atoms with E-state index in [1.165, 1.54) is 12.8 Å². The van der Waals surface area contributed by atoms with Gasteiger partial charge in [-0.05, 0) is 30.9 Å². The zero-order valence-electron chi connectivity index (χ0n) is 13.4. The molecule has 3 aromatic rings. The number of halogens is 3. The van der Waals surface area contributed by atoms with Gasteiger partial charge in [0.2, 0.25) is 0 Å². The largest absolute Gasteiger partial charge is 0.417 e. The number of pyridine rings is 2. The van der Waals surface area contributed by atoms with Gasteiger partial charge in [-0.15, -0.1) is 11.8 Å². The second-order valence-corrected chi connectivity index (χ2v) is 7.25. The zero-order valence-corrected chi connectivity index (χ0v) is 14.2. The highest BCUT2D eigenvalue weighted by atomic mass is 32.2. The Morgan fingerprint density at radius 2 is 2.08 bits per heavy atom. The van der Waals surface area contributed by atoms with E-state index in [1.807, 2.05) is 6.07 Å². The molecule has 3 aromatic heterocycles. The molecule has 130 valence electrons. The molecule has 1 aliphatic carbocycles. The number of aryl methyl sites for hydroxylation is 1. The van der Waals surface area contributed by atoms with Crippen LogP contribution >= 0.6 is 11.8 Å². The van der Waals surface area contributed by atoms with E-state index in [0.29, 0.717) is 11.5 Å². The third-order valence-corrected chi connectivity index (χ3v) is 5.51. The second-order valence-electron chi connectivity index (χ2n) is 6.19. The van der Waals surface area contributed by atoms with Crippen LogP contribution in [0.3, 0.4) is 0 Å². The molecule has 3 heterocycles. The maximum Gasteiger partial charge on any atom is 0.417 e. The second kappa shape index (κ2) is 6.01. The average Bonchev–Trinajstić information content (AvgIpc) is 3.36. The maximum atomic E-state index is 12.9. The van der Waals surface area contributed by atoms with Gasteiger partial charge in [-0.25, -0.2) is 9.97 Å². The third-order valence-electron chi connectivity index (χ3n) is 4.23. The Hall–Kier alpha value is -2.09. The minimum Gasteiger partial charge on any atom is -0.312 e. The van der Waals surface area contributed by atoms with Crippen LogP contribution in [0.2, 0.25) is 0 Å². The Morgan fingerprint density at radius 1 is 1.28 bits per heavy atom. The van der Waals surface area contributed by atoms with Crippen molar-refractivity contribution in [2.24, 2.45) is 13.0 Å². The van der Waals surface area contributed by atoms with Crippen LogP contribution in [0.15, 0.2) is 35.6 Å². The van der Waals surface area contributed by atoms with Crippen molar-refractivity contribution >= 4 is 22.9 Å². The van der Waals surface area contributed by atoms with E-state index in [2.05, 4.69) is 15.0 Å². The monoisotopic (exact) mass is 364 g/mol. The summed E-state index contributed by atoms with van der Waals surface area (Å²) in [5.41, 5.74) is 0.748. The van der Waals surface area contributed by atoms with Gasteiger partial charge >= 0.3 is 6.18 Å². The summed E-state index contributed by atoms with van der Waals surface area (Å²) in [6, 6.07) is 2.89. The van der Waals surface area contributed by atoms with E-state index in [1.54, 1.807) is 35.8 Å². The Balaban J connectivity index is 1.77. The lowest BCUT2D eigenvalue weighted by Crippen LogP contribution is -2.05. The van der Waals surface area contributed by atoms with E-state index in [0.717, 1.165) is 34.4 Å². The molecule has 0 N–H and O–H groups in total. The SMILES string of the molecule is Cn1c(-c2ccncc2SCC2CC2)nc2cc(C(F)(F)F)cnc21. The van der Waals surface area contributed by atoms with Crippen molar-refractivity contribution in [2.45, 2.75) is 23.9 Å². The first-order chi connectivity index (χ1) is 11.9. The highest BCUT2D eigenvalue weighted by Gasteiger charge is 2.32. The molecule has 1 fully saturated rings. The third kappa shape index (κ3) is 3.22. The smallest absolute Gasteiger partial charge is 0.312 e.